The molecule has 1 aromatic carbocycles. The molecular formula is C13H11ClN2. The number of aromatic nitrogens is 2. The van der Waals surface area contributed by atoms with Gasteiger partial charge >= 0.3 is 0 Å². The SMILES string of the molecule is CCc1cc2[nH]c3cc(Cl)ccc3c2cn1. The van der Waals surface area contributed by atoms with Gasteiger partial charge in [-0.3, -0.25) is 4.98 Å². The molecule has 2 heterocycles. The zero-order valence-electron chi connectivity index (χ0n) is 8.92. The topological polar surface area (TPSA) is 28.7 Å². The van der Waals surface area contributed by atoms with E-state index >= 15 is 0 Å². The molecule has 0 amide bonds. The first-order chi connectivity index (χ1) is 7.78. The molecule has 3 aromatic rings. The minimum absolute atomic E-state index is 0.753. The van der Waals surface area contributed by atoms with E-state index in [1.807, 2.05) is 24.4 Å². The normalized spacial score (nSPS) is 11.4. The molecule has 2 nitrogen and oxygen atoms in total. The Bertz CT molecular complexity index is 670. The summed E-state index contributed by atoms with van der Waals surface area (Å²) in [5.74, 6) is 0. The summed E-state index contributed by atoms with van der Waals surface area (Å²) in [6.07, 6.45) is 2.88. The largest absolute Gasteiger partial charge is 0.354 e. The minimum atomic E-state index is 0.753. The molecule has 0 atom stereocenters. The summed E-state index contributed by atoms with van der Waals surface area (Å²) in [6.45, 7) is 2.10. The highest BCUT2D eigenvalue weighted by Crippen LogP contribution is 2.27. The average Bonchev–Trinajstić information content (AvgIpc) is 2.64. The zero-order chi connectivity index (χ0) is 11.1. The Morgan fingerprint density at radius 1 is 1.19 bits per heavy atom. The summed E-state index contributed by atoms with van der Waals surface area (Å²) in [6, 6.07) is 7.99. The number of aromatic amines is 1. The molecule has 0 aliphatic carbocycles. The van der Waals surface area contributed by atoms with Crippen molar-refractivity contribution in [2.75, 3.05) is 0 Å². The third kappa shape index (κ3) is 1.38. The molecule has 0 radical (unpaired) electrons. The summed E-state index contributed by atoms with van der Waals surface area (Å²) >= 11 is 5.97. The van der Waals surface area contributed by atoms with E-state index in [1.165, 1.54) is 5.39 Å². The third-order valence-corrected chi connectivity index (χ3v) is 3.10. The lowest BCUT2D eigenvalue weighted by Crippen LogP contribution is -1.84. The number of fused-ring (bicyclic) bond motifs is 3. The molecule has 0 bridgehead atoms. The lowest BCUT2D eigenvalue weighted by atomic mass is 10.2. The lowest BCUT2D eigenvalue weighted by Gasteiger charge is -1.95. The van der Waals surface area contributed by atoms with Gasteiger partial charge in [0.25, 0.3) is 0 Å². The number of nitrogens with zero attached hydrogens (tertiary/aromatic N) is 1. The molecule has 0 aliphatic rings. The van der Waals surface area contributed by atoms with E-state index in [4.69, 9.17) is 11.6 Å². The number of aryl methyl sites for hydroxylation is 1. The van der Waals surface area contributed by atoms with E-state index in [2.05, 4.69) is 23.0 Å². The molecule has 3 rings (SSSR count). The number of nitrogens with one attached hydrogen (secondary N) is 1. The summed E-state index contributed by atoms with van der Waals surface area (Å²) in [5.41, 5.74) is 3.30. The van der Waals surface area contributed by atoms with Crippen molar-refractivity contribution in [1.29, 1.82) is 0 Å². The van der Waals surface area contributed by atoms with Crippen molar-refractivity contribution in [3.8, 4) is 0 Å². The summed E-state index contributed by atoms with van der Waals surface area (Å²) < 4.78 is 0. The summed E-state index contributed by atoms with van der Waals surface area (Å²) in [4.78, 5) is 7.79. The first kappa shape index (κ1) is 9.67. The van der Waals surface area contributed by atoms with Crippen LogP contribution in [0.25, 0.3) is 21.8 Å². The number of hydrogen-bond acceptors (Lipinski definition) is 1. The molecule has 3 heteroatoms. The third-order valence-electron chi connectivity index (χ3n) is 2.86. The van der Waals surface area contributed by atoms with Crippen molar-refractivity contribution in [3.05, 3.63) is 41.2 Å². The smallest absolute Gasteiger partial charge is 0.0498 e. The Hall–Kier alpha value is -1.54. The van der Waals surface area contributed by atoms with E-state index in [-0.39, 0.29) is 0 Å². The van der Waals surface area contributed by atoms with Crippen LogP contribution in [0.5, 0.6) is 0 Å². The minimum Gasteiger partial charge on any atom is -0.354 e. The van der Waals surface area contributed by atoms with Gasteiger partial charge in [-0.25, -0.2) is 0 Å². The van der Waals surface area contributed by atoms with Gasteiger partial charge in [-0.15, -0.1) is 0 Å². The number of benzene rings is 1. The van der Waals surface area contributed by atoms with Crippen LogP contribution in [-0.2, 0) is 6.42 Å². The van der Waals surface area contributed by atoms with Crippen LogP contribution < -0.4 is 0 Å². The summed E-state index contributed by atoms with van der Waals surface area (Å²) in [5, 5.41) is 3.08. The second-order valence-electron chi connectivity index (χ2n) is 3.89. The van der Waals surface area contributed by atoms with Crippen LogP contribution in [0, 0.1) is 0 Å². The Morgan fingerprint density at radius 2 is 2.00 bits per heavy atom. The molecule has 2 aromatic heterocycles. The first-order valence-electron chi connectivity index (χ1n) is 5.34. The van der Waals surface area contributed by atoms with E-state index in [0.29, 0.717) is 0 Å². The maximum atomic E-state index is 5.97. The van der Waals surface area contributed by atoms with Crippen LogP contribution in [0.1, 0.15) is 12.6 Å². The predicted octanol–water partition coefficient (Wildman–Crippen LogP) is 3.93. The quantitative estimate of drug-likeness (QED) is 0.674. The van der Waals surface area contributed by atoms with Crippen molar-refractivity contribution in [1.82, 2.24) is 9.97 Å². The Kier molecular flexibility index (Phi) is 2.11. The molecular weight excluding hydrogens is 220 g/mol. The van der Waals surface area contributed by atoms with Gasteiger partial charge in [-0.05, 0) is 24.6 Å². The maximum absolute atomic E-state index is 5.97. The van der Waals surface area contributed by atoms with Gasteiger partial charge in [0, 0.05) is 38.7 Å². The predicted molar refractivity (Wildman–Crippen MR) is 68.0 cm³/mol. The van der Waals surface area contributed by atoms with Crippen LogP contribution in [0.15, 0.2) is 30.5 Å². The van der Waals surface area contributed by atoms with Gasteiger partial charge in [0.2, 0.25) is 0 Å². The van der Waals surface area contributed by atoms with Crippen molar-refractivity contribution >= 4 is 33.4 Å². The molecule has 80 valence electrons. The van der Waals surface area contributed by atoms with Crippen molar-refractivity contribution in [2.45, 2.75) is 13.3 Å². The number of H-pyrrole nitrogens is 1. The van der Waals surface area contributed by atoms with Gasteiger partial charge in [0.05, 0.1) is 0 Å². The first-order valence-corrected chi connectivity index (χ1v) is 5.71. The van der Waals surface area contributed by atoms with Gasteiger partial charge in [-0.1, -0.05) is 24.6 Å². The van der Waals surface area contributed by atoms with Crippen molar-refractivity contribution < 1.29 is 0 Å². The van der Waals surface area contributed by atoms with E-state index in [0.717, 1.165) is 33.6 Å². The second-order valence-corrected chi connectivity index (χ2v) is 4.33. The molecule has 1 N–H and O–H groups in total. The van der Waals surface area contributed by atoms with E-state index < -0.39 is 0 Å². The Morgan fingerprint density at radius 3 is 2.81 bits per heavy atom. The zero-order valence-corrected chi connectivity index (χ0v) is 9.67. The molecule has 0 saturated heterocycles. The monoisotopic (exact) mass is 230 g/mol. The Labute approximate surface area is 98.3 Å². The van der Waals surface area contributed by atoms with Crippen LogP contribution in [-0.4, -0.2) is 9.97 Å². The lowest BCUT2D eigenvalue weighted by molar-refractivity contribution is 1.04. The van der Waals surface area contributed by atoms with Gasteiger partial charge < -0.3 is 4.98 Å². The molecule has 16 heavy (non-hydrogen) atoms. The maximum Gasteiger partial charge on any atom is 0.0498 e. The van der Waals surface area contributed by atoms with E-state index in [1.54, 1.807) is 0 Å². The fraction of sp³-hybridized carbons (Fsp3) is 0.154. The number of hydrogen-bond donors (Lipinski definition) is 1. The van der Waals surface area contributed by atoms with Crippen molar-refractivity contribution in [2.24, 2.45) is 0 Å². The average molecular weight is 231 g/mol. The number of halogens is 1. The van der Waals surface area contributed by atoms with Gasteiger partial charge in [0.1, 0.15) is 0 Å². The highest BCUT2D eigenvalue weighted by molar-refractivity contribution is 6.31. The number of rotatable bonds is 1. The second kappa shape index (κ2) is 3.49. The van der Waals surface area contributed by atoms with Gasteiger partial charge in [0.15, 0.2) is 0 Å². The highest BCUT2D eigenvalue weighted by Gasteiger charge is 2.05. The molecule has 0 unspecified atom stereocenters. The van der Waals surface area contributed by atoms with Crippen LogP contribution in [0.4, 0.5) is 0 Å². The van der Waals surface area contributed by atoms with Crippen molar-refractivity contribution in [3.63, 3.8) is 0 Å². The van der Waals surface area contributed by atoms with Crippen LogP contribution in [0.2, 0.25) is 5.02 Å². The Balaban J connectivity index is 2.40. The molecule has 0 fully saturated rings. The fourth-order valence-electron chi connectivity index (χ4n) is 2.01. The summed E-state index contributed by atoms with van der Waals surface area (Å²) in [7, 11) is 0. The number of pyridine rings is 1. The fourth-order valence-corrected chi connectivity index (χ4v) is 2.18. The molecule has 0 aliphatic heterocycles. The molecule has 0 saturated carbocycles. The highest BCUT2D eigenvalue weighted by atomic mass is 35.5. The molecule has 0 spiro atoms. The van der Waals surface area contributed by atoms with Crippen LogP contribution in [0.3, 0.4) is 0 Å². The van der Waals surface area contributed by atoms with E-state index in [9.17, 15) is 0 Å². The van der Waals surface area contributed by atoms with Crippen LogP contribution >= 0.6 is 11.6 Å². The standard InChI is InChI=1S/C13H11ClN2/c1-2-9-6-13-11(7-15-9)10-4-3-8(14)5-12(10)16-13/h3-7,16H,2H2,1H3. The van der Waals surface area contributed by atoms with Gasteiger partial charge in [-0.2, -0.15) is 0 Å².